The second-order valence-electron chi connectivity index (χ2n) is 6.94. The Morgan fingerprint density at radius 2 is 1.06 bits per heavy atom. The van der Waals surface area contributed by atoms with E-state index >= 15 is 0 Å². The molecule has 1 fully saturated rings. The van der Waals surface area contributed by atoms with Crippen molar-refractivity contribution in [3.63, 3.8) is 0 Å². The number of hydrogen-bond donors (Lipinski definition) is 0. The highest BCUT2D eigenvalue weighted by Gasteiger charge is 2.33. The summed E-state index contributed by atoms with van der Waals surface area (Å²) in [5.74, 6) is 1.42. The summed E-state index contributed by atoms with van der Waals surface area (Å²) in [6.07, 6.45) is 2.60. The molecule has 0 unspecified atom stereocenters. The third-order valence-electron chi connectivity index (χ3n) is 3.04. The van der Waals surface area contributed by atoms with Crippen LogP contribution < -0.4 is 0 Å². The molecular formula is C14H28O2. The van der Waals surface area contributed by atoms with E-state index in [1.165, 1.54) is 12.8 Å². The molecule has 0 aromatic carbocycles. The minimum Gasteiger partial charge on any atom is -0.376 e. The molecule has 0 bridgehead atoms. The van der Waals surface area contributed by atoms with Crippen molar-refractivity contribution >= 4 is 0 Å². The molecule has 16 heavy (non-hydrogen) atoms. The van der Waals surface area contributed by atoms with E-state index in [1.54, 1.807) is 0 Å². The van der Waals surface area contributed by atoms with Crippen LogP contribution in [0.5, 0.6) is 0 Å². The molecular weight excluding hydrogens is 200 g/mol. The predicted octanol–water partition coefficient (Wildman–Crippen LogP) is 3.64. The van der Waals surface area contributed by atoms with Crippen molar-refractivity contribution in [1.29, 1.82) is 0 Å². The van der Waals surface area contributed by atoms with Crippen LogP contribution in [-0.4, -0.2) is 24.4 Å². The van der Waals surface area contributed by atoms with Crippen LogP contribution in [0, 0.1) is 11.8 Å². The molecule has 0 aromatic heterocycles. The lowest BCUT2D eigenvalue weighted by molar-refractivity contribution is -0.0911. The monoisotopic (exact) mass is 228 g/mol. The maximum Gasteiger partial charge on any atom is 0.0598 e. The first-order valence-corrected chi connectivity index (χ1v) is 6.45. The first kappa shape index (κ1) is 14.0. The van der Waals surface area contributed by atoms with E-state index in [9.17, 15) is 0 Å². The normalized spacial score (nSPS) is 26.6. The van der Waals surface area contributed by atoms with Crippen LogP contribution in [0.1, 0.15) is 54.4 Å². The summed E-state index contributed by atoms with van der Waals surface area (Å²) >= 11 is 0. The van der Waals surface area contributed by atoms with Gasteiger partial charge >= 0.3 is 0 Å². The van der Waals surface area contributed by atoms with Crippen molar-refractivity contribution < 1.29 is 9.47 Å². The number of rotatable bonds is 4. The highest BCUT2D eigenvalue weighted by atomic mass is 16.5. The van der Waals surface area contributed by atoms with Gasteiger partial charge in [-0.2, -0.15) is 0 Å². The van der Waals surface area contributed by atoms with Crippen LogP contribution in [0.25, 0.3) is 0 Å². The van der Waals surface area contributed by atoms with Crippen LogP contribution in [0.2, 0.25) is 0 Å². The minimum atomic E-state index is -0.00890. The third-order valence-corrected chi connectivity index (χ3v) is 3.04. The van der Waals surface area contributed by atoms with E-state index in [0.717, 1.165) is 13.2 Å². The Balaban J connectivity index is 2.20. The molecule has 0 amide bonds. The zero-order valence-electron chi connectivity index (χ0n) is 11.8. The molecule has 1 aliphatic rings. The van der Waals surface area contributed by atoms with Gasteiger partial charge in [-0.1, -0.05) is 0 Å². The van der Waals surface area contributed by atoms with E-state index in [2.05, 4.69) is 41.5 Å². The van der Waals surface area contributed by atoms with Gasteiger partial charge < -0.3 is 9.47 Å². The lowest BCUT2D eigenvalue weighted by Gasteiger charge is -2.39. The lowest BCUT2D eigenvalue weighted by atomic mass is 9.74. The molecule has 0 spiro atoms. The summed E-state index contributed by atoms with van der Waals surface area (Å²) < 4.78 is 11.7. The molecule has 0 aromatic rings. The van der Waals surface area contributed by atoms with Crippen molar-refractivity contribution in [2.24, 2.45) is 11.8 Å². The van der Waals surface area contributed by atoms with Crippen molar-refractivity contribution in [2.45, 2.75) is 65.6 Å². The fraction of sp³-hybridized carbons (Fsp3) is 1.00. The molecule has 1 rings (SSSR count). The quantitative estimate of drug-likeness (QED) is 0.731. The summed E-state index contributed by atoms with van der Waals surface area (Å²) in [5, 5.41) is 0. The SMILES string of the molecule is CC(C)(C)OC[C@@H]1CC[C@H]1COC(C)(C)C. The Bertz CT molecular complexity index is 186. The zero-order valence-corrected chi connectivity index (χ0v) is 11.8. The fourth-order valence-corrected chi connectivity index (χ4v) is 1.79. The summed E-state index contributed by atoms with van der Waals surface area (Å²) in [6, 6.07) is 0. The van der Waals surface area contributed by atoms with Crippen LogP contribution in [0.4, 0.5) is 0 Å². The van der Waals surface area contributed by atoms with Gasteiger partial charge in [0.1, 0.15) is 0 Å². The maximum atomic E-state index is 5.84. The molecule has 1 saturated carbocycles. The fourth-order valence-electron chi connectivity index (χ4n) is 1.79. The first-order chi connectivity index (χ1) is 7.17. The van der Waals surface area contributed by atoms with Gasteiger partial charge in [-0.15, -0.1) is 0 Å². The largest absolute Gasteiger partial charge is 0.376 e. The molecule has 0 N–H and O–H groups in total. The lowest BCUT2D eigenvalue weighted by Crippen LogP contribution is -2.37. The Kier molecular flexibility index (Phi) is 4.42. The van der Waals surface area contributed by atoms with Crippen LogP contribution >= 0.6 is 0 Å². The Morgan fingerprint density at radius 1 is 0.750 bits per heavy atom. The third kappa shape index (κ3) is 5.31. The van der Waals surface area contributed by atoms with E-state index in [1.807, 2.05) is 0 Å². The maximum absolute atomic E-state index is 5.84. The van der Waals surface area contributed by atoms with Crippen molar-refractivity contribution in [3.05, 3.63) is 0 Å². The molecule has 2 atom stereocenters. The predicted molar refractivity (Wildman–Crippen MR) is 67.6 cm³/mol. The smallest absolute Gasteiger partial charge is 0.0598 e. The summed E-state index contributed by atoms with van der Waals surface area (Å²) in [7, 11) is 0. The Hall–Kier alpha value is -0.0800. The number of ether oxygens (including phenoxy) is 2. The standard InChI is InChI=1S/C14H28O2/c1-13(2,3)15-9-11-7-8-12(11)10-16-14(4,5)6/h11-12H,7-10H2,1-6H3/t11-,12-/m0/s1. The van der Waals surface area contributed by atoms with Crippen molar-refractivity contribution in [2.75, 3.05) is 13.2 Å². The second kappa shape index (κ2) is 5.05. The highest BCUT2D eigenvalue weighted by Crippen LogP contribution is 2.36. The van der Waals surface area contributed by atoms with Gasteiger partial charge in [0.2, 0.25) is 0 Å². The number of hydrogen-bond acceptors (Lipinski definition) is 2. The van der Waals surface area contributed by atoms with E-state index < -0.39 is 0 Å². The minimum absolute atomic E-state index is 0.00890. The Labute approximate surface area is 101 Å². The van der Waals surface area contributed by atoms with Gasteiger partial charge in [0.25, 0.3) is 0 Å². The molecule has 0 radical (unpaired) electrons. The van der Waals surface area contributed by atoms with Gasteiger partial charge in [-0.3, -0.25) is 0 Å². The van der Waals surface area contributed by atoms with Crippen molar-refractivity contribution in [3.8, 4) is 0 Å². The van der Waals surface area contributed by atoms with E-state index in [0.29, 0.717) is 11.8 Å². The van der Waals surface area contributed by atoms with Crippen LogP contribution in [0.15, 0.2) is 0 Å². The van der Waals surface area contributed by atoms with E-state index in [-0.39, 0.29) is 11.2 Å². The summed E-state index contributed by atoms with van der Waals surface area (Å²) in [4.78, 5) is 0. The molecule has 2 nitrogen and oxygen atoms in total. The van der Waals surface area contributed by atoms with Crippen molar-refractivity contribution in [1.82, 2.24) is 0 Å². The molecule has 96 valence electrons. The van der Waals surface area contributed by atoms with Gasteiger partial charge in [0.05, 0.1) is 24.4 Å². The zero-order chi connectivity index (χ0) is 12.4. The molecule has 2 heteroatoms. The molecule has 1 aliphatic carbocycles. The first-order valence-electron chi connectivity index (χ1n) is 6.45. The van der Waals surface area contributed by atoms with Crippen LogP contribution in [0.3, 0.4) is 0 Å². The topological polar surface area (TPSA) is 18.5 Å². The molecule has 0 aliphatic heterocycles. The second-order valence-corrected chi connectivity index (χ2v) is 6.94. The van der Waals surface area contributed by atoms with Gasteiger partial charge in [0, 0.05) is 0 Å². The highest BCUT2D eigenvalue weighted by molar-refractivity contribution is 4.81. The average molecular weight is 228 g/mol. The van der Waals surface area contributed by atoms with Crippen LogP contribution in [-0.2, 0) is 9.47 Å². The van der Waals surface area contributed by atoms with Gasteiger partial charge in [-0.25, -0.2) is 0 Å². The molecule has 0 saturated heterocycles. The average Bonchev–Trinajstić information content (AvgIpc) is 1.97. The molecule has 0 heterocycles. The van der Waals surface area contributed by atoms with Gasteiger partial charge in [0.15, 0.2) is 0 Å². The van der Waals surface area contributed by atoms with Gasteiger partial charge in [-0.05, 0) is 66.2 Å². The summed E-state index contributed by atoms with van der Waals surface area (Å²) in [5.41, 5.74) is -0.0178. The van der Waals surface area contributed by atoms with E-state index in [4.69, 9.17) is 9.47 Å². The summed E-state index contributed by atoms with van der Waals surface area (Å²) in [6.45, 7) is 14.5. The Morgan fingerprint density at radius 3 is 1.25 bits per heavy atom.